The molecular weight excluding hydrogens is 298 g/mol. The van der Waals surface area contributed by atoms with Gasteiger partial charge in [-0.25, -0.2) is 20.0 Å². The number of nitrogens with one attached hydrogen (secondary N) is 2. The van der Waals surface area contributed by atoms with Crippen LogP contribution in [-0.2, 0) is 9.59 Å². The Labute approximate surface area is 123 Å². The first-order chi connectivity index (χ1) is 10.1. The zero-order valence-corrected chi connectivity index (χ0v) is 11.6. The molecule has 0 aliphatic heterocycles. The number of thioether (sulfide) groups is 1. The molecule has 0 atom stereocenters. The molecule has 10 nitrogen and oxygen atoms in total. The number of carbonyl (C=O) groups excluding carboxylic acids is 2. The lowest BCUT2D eigenvalue weighted by Crippen LogP contribution is -2.35. The highest BCUT2D eigenvalue weighted by atomic mass is 32.2. The maximum Gasteiger partial charge on any atom is 0.242 e. The average molecular weight is 311 g/mol. The third kappa shape index (κ3) is 4.03. The number of anilines is 1. The molecule has 112 valence electrons. The number of fused-ring (bicyclic) bond motifs is 1. The number of imidazole rings is 1. The molecule has 2 aromatic rings. The van der Waals surface area contributed by atoms with E-state index in [1.54, 1.807) is 0 Å². The normalized spacial score (nSPS) is 10.5. The van der Waals surface area contributed by atoms with E-state index in [9.17, 15) is 9.59 Å². The molecule has 2 amide bonds. The Morgan fingerprint density at radius 1 is 1.57 bits per heavy atom. The molecule has 0 saturated heterocycles. The molecular formula is C10H13N7O3S. The lowest BCUT2D eigenvalue weighted by Gasteiger charge is -2.08. The number of amides is 2. The van der Waals surface area contributed by atoms with E-state index in [1.165, 1.54) is 18.1 Å². The van der Waals surface area contributed by atoms with Crippen LogP contribution in [0.5, 0.6) is 0 Å². The van der Waals surface area contributed by atoms with Crippen molar-refractivity contribution in [2.24, 2.45) is 0 Å². The Hall–Kier alpha value is -2.40. The molecule has 2 heterocycles. The third-order valence-corrected chi connectivity index (χ3v) is 3.25. The van der Waals surface area contributed by atoms with Crippen LogP contribution in [0.4, 0.5) is 5.82 Å². The second kappa shape index (κ2) is 6.85. The van der Waals surface area contributed by atoms with Crippen molar-refractivity contribution in [1.82, 2.24) is 30.3 Å². The van der Waals surface area contributed by atoms with Gasteiger partial charge in [-0.3, -0.25) is 14.8 Å². The Morgan fingerprint density at radius 3 is 3.10 bits per heavy atom. The first-order valence-corrected chi connectivity index (χ1v) is 6.85. The van der Waals surface area contributed by atoms with E-state index in [2.05, 4.69) is 25.3 Å². The highest BCUT2D eigenvalue weighted by molar-refractivity contribution is 7.99. The number of aromatic amines is 1. The van der Waals surface area contributed by atoms with E-state index >= 15 is 0 Å². The van der Waals surface area contributed by atoms with Gasteiger partial charge in [0.25, 0.3) is 0 Å². The number of rotatable bonds is 7. The number of nitrogens with two attached hydrogens (primary N) is 1. The van der Waals surface area contributed by atoms with Crippen LogP contribution in [0, 0.1) is 0 Å². The molecule has 0 spiro atoms. The summed E-state index contributed by atoms with van der Waals surface area (Å²) in [6.45, 7) is -0.0423. The van der Waals surface area contributed by atoms with Gasteiger partial charge in [0.1, 0.15) is 12.9 Å². The van der Waals surface area contributed by atoms with Gasteiger partial charge in [0.05, 0.1) is 0 Å². The van der Waals surface area contributed by atoms with E-state index in [1.807, 2.05) is 0 Å². The largest absolute Gasteiger partial charge is 0.382 e. The zero-order valence-electron chi connectivity index (χ0n) is 10.8. The summed E-state index contributed by atoms with van der Waals surface area (Å²) >= 11 is 1.37. The lowest BCUT2D eigenvalue weighted by molar-refractivity contribution is -0.155. The number of carbonyl (C=O) groups is 2. The average Bonchev–Trinajstić information content (AvgIpc) is 2.88. The minimum Gasteiger partial charge on any atom is -0.382 e. The topological polar surface area (TPSA) is 150 Å². The van der Waals surface area contributed by atoms with Crippen molar-refractivity contribution < 1.29 is 14.8 Å². The minimum atomic E-state index is -0.454. The number of H-pyrrole nitrogens is 1. The van der Waals surface area contributed by atoms with Gasteiger partial charge < -0.3 is 16.0 Å². The summed E-state index contributed by atoms with van der Waals surface area (Å²) in [4.78, 5) is 36.5. The second-order valence-corrected chi connectivity index (χ2v) is 4.98. The Balaban J connectivity index is 1.79. The quantitative estimate of drug-likeness (QED) is 0.167. The smallest absolute Gasteiger partial charge is 0.242 e. The van der Waals surface area contributed by atoms with Gasteiger partial charge in [0.15, 0.2) is 22.1 Å². The molecule has 2 rings (SSSR count). The van der Waals surface area contributed by atoms with Gasteiger partial charge in [-0.15, -0.1) is 0 Å². The fraction of sp³-hybridized carbons (Fsp3) is 0.300. The van der Waals surface area contributed by atoms with Crippen LogP contribution < -0.4 is 11.1 Å². The van der Waals surface area contributed by atoms with Crippen LogP contribution >= 0.6 is 11.8 Å². The number of hydroxylamine groups is 2. The Bertz CT molecular complexity index is 647. The summed E-state index contributed by atoms with van der Waals surface area (Å²) in [6, 6.07) is 0. The van der Waals surface area contributed by atoms with E-state index in [-0.39, 0.29) is 11.5 Å². The van der Waals surface area contributed by atoms with Crippen molar-refractivity contribution in [3.63, 3.8) is 0 Å². The molecule has 0 aliphatic rings. The SMILES string of the molecule is Nc1ncnc2[nH]c(SCCNC(=O)CN(O)C=O)nc12. The summed E-state index contributed by atoms with van der Waals surface area (Å²) in [5.41, 5.74) is 6.72. The molecule has 0 aliphatic carbocycles. The van der Waals surface area contributed by atoms with Crippen LogP contribution in [0.3, 0.4) is 0 Å². The summed E-state index contributed by atoms with van der Waals surface area (Å²) in [5, 5.41) is 12.3. The van der Waals surface area contributed by atoms with E-state index in [0.717, 1.165) is 0 Å². The van der Waals surface area contributed by atoms with E-state index in [0.29, 0.717) is 34.4 Å². The van der Waals surface area contributed by atoms with E-state index < -0.39 is 12.5 Å². The maximum absolute atomic E-state index is 11.3. The molecule has 0 saturated carbocycles. The fourth-order valence-corrected chi connectivity index (χ4v) is 2.19. The van der Waals surface area contributed by atoms with Gasteiger partial charge in [-0.2, -0.15) is 0 Å². The lowest BCUT2D eigenvalue weighted by atomic mass is 10.5. The third-order valence-electron chi connectivity index (χ3n) is 2.38. The molecule has 0 fully saturated rings. The Kier molecular flexibility index (Phi) is 4.90. The summed E-state index contributed by atoms with van der Waals surface area (Å²) in [6.07, 6.45) is 1.51. The molecule has 11 heteroatoms. The molecule has 5 N–H and O–H groups in total. The number of aromatic nitrogens is 4. The zero-order chi connectivity index (χ0) is 15.2. The van der Waals surface area contributed by atoms with Crippen molar-refractivity contribution >= 4 is 41.1 Å². The Morgan fingerprint density at radius 2 is 2.38 bits per heavy atom. The number of nitrogens with zero attached hydrogens (tertiary/aromatic N) is 4. The monoisotopic (exact) mass is 311 g/mol. The van der Waals surface area contributed by atoms with Crippen molar-refractivity contribution in [2.45, 2.75) is 5.16 Å². The summed E-state index contributed by atoms with van der Waals surface area (Å²) in [7, 11) is 0. The summed E-state index contributed by atoms with van der Waals surface area (Å²) < 4.78 is 0. The molecule has 0 bridgehead atoms. The van der Waals surface area contributed by atoms with Crippen molar-refractivity contribution in [3.8, 4) is 0 Å². The van der Waals surface area contributed by atoms with Crippen LogP contribution in [0.25, 0.3) is 11.2 Å². The van der Waals surface area contributed by atoms with E-state index in [4.69, 9.17) is 10.9 Å². The predicted molar refractivity (Wildman–Crippen MR) is 74.4 cm³/mol. The molecule has 0 unspecified atom stereocenters. The van der Waals surface area contributed by atoms with Crippen LogP contribution in [0.15, 0.2) is 11.5 Å². The molecule has 0 radical (unpaired) electrons. The first-order valence-electron chi connectivity index (χ1n) is 5.86. The summed E-state index contributed by atoms with van der Waals surface area (Å²) in [5.74, 6) is 0.393. The van der Waals surface area contributed by atoms with Gasteiger partial charge in [-0.1, -0.05) is 11.8 Å². The second-order valence-electron chi connectivity index (χ2n) is 3.90. The maximum atomic E-state index is 11.3. The molecule has 21 heavy (non-hydrogen) atoms. The predicted octanol–water partition coefficient (Wildman–Crippen LogP) is -1.01. The van der Waals surface area contributed by atoms with Crippen LogP contribution in [0.2, 0.25) is 0 Å². The molecule has 2 aromatic heterocycles. The highest BCUT2D eigenvalue weighted by Crippen LogP contribution is 2.19. The van der Waals surface area contributed by atoms with Crippen molar-refractivity contribution in [2.75, 3.05) is 24.6 Å². The van der Waals surface area contributed by atoms with Gasteiger partial charge >= 0.3 is 0 Å². The number of nitrogen functional groups attached to an aromatic ring is 1. The number of hydrogen-bond donors (Lipinski definition) is 4. The van der Waals surface area contributed by atoms with Crippen LogP contribution in [-0.4, -0.2) is 61.4 Å². The van der Waals surface area contributed by atoms with Gasteiger partial charge in [-0.05, 0) is 0 Å². The van der Waals surface area contributed by atoms with Crippen LogP contribution in [0.1, 0.15) is 0 Å². The van der Waals surface area contributed by atoms with Gasteiger partial charge in [0, 0.05) is 12.3 Å². The standard InChI is InChI=1S/C10H13N7O3S/c11-8-7-9(14-4-13-8)16-10(15-7)21-2-1-12-6(19)3-17(20)5-18/h4-5,20H,1-3H2,(H,12,19)(H3,11,13,14,15,16). The first kappa shape index (κ1) is 15.0. The minimum absolute atomic E-state index is 0.161. The van der Waals surface area contributed by atoms with Crippen molar-refractivity contribution in [1.29, 1.82) is 0 Å². The van der Waals surface area contributed by atoms with Gasteiger partial charge in [0.2, 0.25) is 12.3 Å². The molecule has 0 aromatic carbocycles. The number of hydrogen-bond acceptors (Lipinski definition) is 8. The highest BCUT2D eigenvalue weighted by Gasteiger charge is 2.08. The fourth-order valence-electron chi connectivity index (χ4n) is 1.47. The van der Waals surface area contributed by atoms with Crippen molar-refractivity contribution in [3.05, 3.63) is 6.33 Å².